The van der Waals surface area contributed by atoms with Crippen molar-refractivity contribution in [2.24, 2.45) is 11.8 Å². The molecule has 1 aromatic rings. The van der Waals surface area contributed by atoms with Crippen molar-refractivity contribution in [3.63, 3.8) is 0 Å². The Hall–Kier alpha value is -3.95. The number of carboxylic acid groups (broad SMARTS) is 1. The van der Waals surface area contributed by atoms with E-state index < -0.39 is 51.6 Å². The van der Waals surface area contributed by atoms with Crippen LogP contribution < -0.4 is 9.47 Å². The van der Waals surface area contributed by atoms with Crippen molar-refractivity contribution in [3.05, 3.63) is 69.9 Å². The highest BCUT2D eigenvalue weighted by Gasteiger charge is 2.81. The number of carboxylic acids is 1. The number of carbonyl (C=O) groups is 3. The number of hydrogen-bond acceptors (Lipinski definition) is 8. The number of phenols is 1. The number of hydrogen-bond donors (Lipinski definition) is 3. The zero-order chi connectivity index (χ0) is 34.5. The van der Waals surface area contributed by atoms with Crippen LogP contribution in [0.1, 0.15) is 104 Å². The number of Topliss-reactive ketones (excluding diaryl/α,β-unsaturated/α-hetero) is 2. The zero-order valence-corrected chi connectivity index (χ0v) is 28.3. The van der Waals surface area contributed by atoms with Gasteiger partial charge in [0.2, 0.25) is 0 Å². The van der Waals surface area contributed by atoms with Crippen molar-refractivity contribution in [1.29, 1.82) is 0 Å². The molecule has 6 aliphatic rings. The molecule has 4 bridgehead atoms. The molecule has 258 valence electrons. The minimum absolute atomic E-state index is 0. The molecule has 1 saturated heterocycles. The average molecular weight is 661 g/mol. The van der Waals surface area contributed by atoms with Gasteiger partial charge in [0.05, 0.1) is 16.8 Å². The summed E-state index contributed by atoms with van der Waals surface area (Å²) in [5, 5.41) is 31.6. The predicted molar refractivity (Wildman–Crippen MR) is 182 cm³/mol. The number of fused-ring (bicyclic) bond motifs is 2. The van der Waals surface area contributed by atoms with Gasteiger partial charge in [-0.25, -0.2) is 4.79 Å². The minimum Gasteiger partial charge on any atom is -0.506 e. The molecule has 0 amide bonds. The Kier molecular flexibility index (Phi) is 8.33. The molecule has 1 saturated carbocycles. The van der Waals surface area contributed by atoms with Gasteiger partial charge in [-0.2, -0.15) is 0 Å². The standard InChI is InChI=1S/C38H44O9.CH4/c1-20(2)10-11-24-30-23(13-16-36(8,45-30)15-9-14-34(4,5)44)28(39)27-29(40)25-18-22-19-26-35(6,7)47-37(32(22)41,17-12-21(3)33(42)43)38(25,26)46-31(24)27;/h9-10,12-14,16,18,22,26,39,44H,11,15,17,19H2,1-8H3,(H,42,43);1H4/b14-9-,21-12+;/t22?,26?,36?,37-,38-;/m1./s1. The molecule has 3 aliphatic carbocycles. The normalized spacial score (nSPS) is 30.9. The molecule has 9 nitrogen and oxygen atoms in total. The van der Waals surface area contributed by atoms with Crippen LogP contribution >= 0.6 is 0 Å². The van der Waals surface area contributed by atoms with Crippen LogP contribution in [0.3, 0.4) is 0 Å². The van der Waals surface area contributed by atoms with Gasteiger partial charge in [0.1, 0.15) is 28.4 Å². The number of carbonyl (C=O) groups excluding carboxylic acids is 2. The number of rotatable bonds is 8. The third-order valence-electron chi connectivity index (χ3n) is 10.3. The smallest absolute Gasteiger partial charge is 0.330 e. The molecular formula is C39H48O9. The van der Waals surface area contributed by atoms with Gasteiger partial charge in [0, 0.05) is 41.4 Å². The van der Waals surface area contributed by atoms with Crippen molar-refractivity contribution in [3.8, 4) is 17.2 Å². The monoisotopic (exact) mass is 660 g/mol. The number of aliphatic carboxylic acids is 1. The molecule has 3 heterocycles. The van der Waals surface area contributed by atoms with Crippen LogP contribution in [0, 0.1) is 11.8 Å². The van der Waals surface area contributed by atoms with Crippen molar-refractivity contribution < 1.29 is 43.9 Å². The summed E-state index contributed by atoms with van der Waals surface area (Å²) in [4.78, 5) is 40.8. The number of phenolic OH excluding ortho intramolecular Hbond substituents is 1. The van der Waals surface area contributed by atoms with Gasteiger partial charge in [-0.1, -0.05) is 43.4 Å². The Morgan fingerprint density at radius 1 is 1.06 bits per heavy atom. The number of aliphatic hydroxyl groups is 1. The van der Waals surface area contributed by atoms with Gasteiger partial charge in [0.25, 0.3) is 0 Å². The number of allylic oxidation sites excluding steroid dienone is 3. The molecule has 3 aliphatic heterocycles. The first-order valence-electron chi connectivity index (χ1n) is 16.2. The van der Waals surface area contributed by atoms with Crippen molar-refractivity contribution in [2.75, 3.05) is 0 Å². The number of ketones is 2. The number of benzene rings is 1. The van der Waals surface area contributed by atoms with E-state index in [0.29, 0.717) is 36.1 Å². The lowest BCUT2D eigenvalue weighted by molar-refractivity contribution is -0.171. The fourth-order valence-electron chi connectivity index (χ4n) is 8.08. The van der Waals surface area contributed by atoms with Crippen LogP contribution in [-0.4, -0.2) is 60.9 Å². The predicted octanol–water partition coefficient (Wildman–Crippen LogP) is 6.85. The summed E-state index contributed by atoms with van der Waals surface area (Å²) >= 11 is 0. The molecule has 9 heteroatoms. The second-order valence-corrected chi connectivity index (χ2v) is 15.2. The van der Waals surface area contributed by atoms with E-state index in [1.165, 1.54) is 13.0 Å². The summed E-state index contributed by atoms with van der Waals surface area (Å²) in [6.45, 7) is 14.4. The average Bonchev–Trinajstić information content (AvgIpc) is 3.11. The third-order valence-corrected chi connectivity index (χ3v) is 10.3. The molecule has 1 spiro atoms. The van der Waals surface area contributed by atoms with Gasteiger partial charge >= 0.3 is 5.97 Å². The second kappa shape index (κ2) is 11.3. The highest BCUT2D eigenvalue weighted by molar-refractivity contribution is 6.19. The Balaban J connectivity index is 0.00000451. The van der Waals surface area contributed by atoms with E-state index in [4.69, 9.17) is 14.2 Å². The van der Waals surface area contributed by atoms with Crippen LogP contribution in [0.25, 0.3) is 6.08 Å². The maximum atomic E-state index is 14.7. The molecule has 48 heavy (non-hydrogen) atoms. The molecule has 0 aromatic heterocycles. The summed E-state index contributed by atoms with van der Waals surface area (Å²) in [6.07, 6.45) is 13.3. The van der Waals surface area contributed by atoms with E-state index in [0.717, 1.165) is 5.57 Å². The topological polar surface area (TPSA) is 140 Å². The summed E-state index contributed by atoms with van der Waals surface area (Å²) in [5.41, 5.74) is -3.67. The van der Waals surface area contributed by atoms with Crippen molar-refractivity contribution in [2.45, 2.75) is 117 Å². The summed E-state index contributed by atoms with van der Waals surface area (Å²) < 4.78 is 20.5. The lowest BCUT2D eigenvalue weighted by Crippen LogP contribution is -2.72. The summed E-state index contributed by atoms with van der Waals surface area (Å²) in [5.74, 6) is -2.58. The molecule has 3 unspecified atom stereocenters. The molecule has 1 aromatic carbocycles. The van der Waals surface area contributed by atoms with Crippen LogP contribution in [0.2, 0.25) is 0 Å². The van der Waals surface area contributed by atoms with Gasteiger partial charge in [-0.3, -0.25) is 9.59 Å². The Bertz CT molecular complexity index is 1760. The fourth-order valence-corrected chi connectivity index (χ4v) is 8.08. The van der Waals surface area contributed by atoms with E-state index in [2.05, 4.69) is 0 Å². The van der Waals surface area contributed by atoms with E-state index in [1.54, 1.807) is 32.1 Å². The maximum Gasteiger partial charge on any atom is 0.330 e. The lowest BCUT2D eigenvalue weighted by Gasteiger charge is -2.56. The molecule has 7 rings (SSSR count). The first kappa shape index (κ1) is 35.4. The largest absolute Gasteiger partial charge is 0.506 e. The molecule has 2 fully saturated rings. The number of ether oxygens (including phenoxy) is 3. The van der Waals surface area contributed by atoms with Crippen LogP contribution in [0.5, 0.6) is 17.2 Å². The second-order valence-electron chi connectivity index (χ2n) is 15.2. The maximum absolute atomic E-state index is 14.7. The van der Waals surface area contributed by atoms with E-state index in [-0.39, 0.29) is 47.8 Å². The van der Waals surface area contributed by atoms with Gasteiger partial charge in [-0.05, 0) is 80.4 Å². The van der Waals surface area contributed by atoms with Crippen molar-refractivity contribution >= 4 is 23.6 Å². The first-order chi connectivity index (χ1) is 21.8. The highest BCUT2D eigenvalue weighted by Crippen LogP contribution is 2.68. The fraction of sp³-hybridized carbons (Fsp3) is 0.513. The van der Waals surface area contributed by atoms with Gasteiger partial charge in [0.15, 0.2) is 22.8 Å². The SMILES string of the molecule is C.CC(C)=CCc1c2c(c(O)c3c1O[C@]14C(=CC5CC1C(C)(C)O[C@]4(C/C=C(\C)C(=O)O)C5=O)C3=O)C=CC(C)(C/C=C\C(C)(C)O)O2. The molecule has 5 atom stereocenters. The molecule has 0 radical (unpaired) electrons. The Morgan fingerprint density at radius 2 is 1.75 bits per heavy atom. The highest BCUT2D eigenvalue weighted by atomic mass is 16.6. The van der Waals surface area contributed by atoms with Crippen LogP contribution in [0.15, 0.2) is 53.2 Å². The summed E-state index contributed by atoms with van der Waals surface area (Å²) in [7, 11) is 0. The quantitative estimate of drug-likeness (QED) is 0.202. The Morgan fingerprint density at radius 3 is 2.38 bits per heavy atom. The minimum atomic E-state index is -1.66. The first-order valence-corrected chi connectivity index (χ1v) is 16.2. The van der Waals surface area contributed by atoms with E-state index in [9.17, 15) is 29.7 Å². The van der Waals surface area contributed by atoms with Gasteiger partial charge in [-0.15, -0.1) is 0 Å². The van der Waals surface area contributed by atoms with Crippen LogP contribution in [-0.2, 0) is 20.7 Å². The van der Waals surface area contributed by atoms with Gasteiger partial charge < -0.3 is 29.5 Å². The summed E-state index contributed by atoms with van der Waals surface area (Å²) in [6, 6.07) is 0. The number of aromatic hydroxyl groups is 1. The zero-order valence-electron chi connectivity index (χ0n) is 28.3. The van der Waals surface area contributed by atoms with Crippen molar-refractivity contribution in [1.82, 2.24) is 0 Å². The van der Waals surface area contributed by atoms with E-state index >= 15 is 0 Å². The Labute approximate surface area is 282 Å². The third kappa shape index (κ3) is 5.08. The van der Waals surface area contributed by atoms with E-state index in [1.807, 2.05) is 52.8 Å². The molecular weight excluding hydrogens is 612 g/mol. The lowest BCUT2D eigenvalue weighted by atomic mass is 9.51. The van der Waals surface area contributed by atoms with Crippen LogP contribution in [0.4, 0.5) is 0 Å². The molecule has 3 N–H and O–H groups in total.